The Labute approximate surface area is 137 Å². The van der Waals surface area contributed by atoms with Gasteiger partial charge in [-0.1, -0.05) is 6.07 Å². The molecule has 3 rings (SSSR count). The van der Waals surface area contributed by atoms with Crippen LogP contribution in [0.2, 0.25) is 0 Å². The van der Waals surface area contributed by atoms with Crippen molar-refractivity contribution in [3.05, 3.63) is 41.7 Å². The van der Waals surface area contributed by atoms with Gasteiger partial charge >= 0.3 is 0 Å². The molecule has 1 aromatic heterocycles. The van der Waals surface area contributed by atoms with Gasteiger partial charge in [0.15, 0.2) is 5.82 Å². The molecular weight excluding hydrogens is 290 g/mol. The Morgan fingerprint density at radius 3 is 2.78 bits per heavy atom. The lowest BCUT2D eigenvalue weighted by atomic mass is 9.99. The zero-order valence-corrected chi connectivity index (χ0v) is 14.0. The molecule has 1 aliphatic heterocycles. The molecule has 1 aromatic carbocycles. The first-order valence-electron chi connectivity index (χ1n) is 8.14. The second-order valence-electron chi connectivity index (χ2n) is 5.89. The van der Waals surface area contributed by atoms with E-state index in [-0.39, 0.29) is 6.10 Å². The molecule has 0 bridgehead atoms. The Balaban J connectivity index is 1.85. The van der Waals surface area contributed by atoms with Crippen LogP contribution in [0.4, 0.5) is 5.82 Å². The van der Waals surface area contributed by atoms with Crippen LogP contribution in [0.25, 0.3) is 0 Å². The third-order valence-electron chi connectivity index (χ3n) is 3.79. The second kappa shape index (κ2) is 6.86. The van der Waals surface area contributed by atoms with E-state index in [2.05, 4.69) is 27.0 Å². The largest absolute Gasteiger partial charge is 0.494 e. The SMILES string of the molecule is CCOc1ccc2c(c1)CN(c1nccnc1OC(C)C)CC2. The van der Waals surface area contributed by atoms with Crippen molar-refractivity contribution in [1.29, 1.82) is 0 Å². The highest BCUT2D eigenvalue weighted by Crippen LogP contribution is 2.30. The lowest BCUT2D eigenvalue weighted by Crippen LogP contribution is -2.31. The van der Waals surface area contributed by atoms with E-state index in [4.69, 9.17) is 9.47 Å². The average molecular weight is 313 g/mol. The summed E-state index contributed by atoms with van der Waals surface area (Å²) >= 11 is 0. The predicted octanol–water partition coefficient (Wildman–Crippen LogP) is 3.23. The zero-order chi connectivity index (χ0) is 16.2. The number of aromatic nitrogens is 2. The van der Waals surface area contributed by atoms with Crippen LogP contribution in [-0.4, -0.2) is 29.2 Å². The number of ether oxygens (including phenoxy) is 2. The number of benzene rings is 1. The predicted molar refractivity (Wildman–Crippen MR) is 90.2 cm³/mol. The molecule has 0 amide bonds. The third kappa shape index (κ3) is 3.55. The molecule has 122 valence electrons. The first-order chi connectivity index (χ1) is 11.2. The lowest BCUT2D eigenvalue weighted by molar-refractivity contribution is 0.232. The zero-order valence-electron chi connectivity index (χ0n) is 14.0. The van der Waals surface area contributed by atoms with Crippen molar-refractivity contribution >= 4 is 5.82 Å². The Hall–Kier alpha value is -2.30. The summed E-state index contributed by atoms with van der Waals surface area (Å²) in [5.74, 6) is 2.34. The smallest absolute Gasteiger partial charge is 0.257 e. The van der Waals surface area contributed by atoms with Crippen LogP contribution in [0.15, 0.2) is 30.6 Å². The minimum atomic E-state index is 0.0760. The fraction of sp³-hybridized carbons (Fsp3) is 0.444. The fourth-order valence-electron chi connectivity index (χ4n) is 2.81. The molecule has 5 nitrogen and oxygen atoms in total. The molecule has 0 N–H and O–H groups in total. The highest BCUT2D eigenvalue weighted by molar-refractivity contribution is 5.51. The highest BCUT2D eigenvalue weighted by Gasteiger charge is 2.22. The fourth-order valence-corrected chi connectivity index (χ4v) is 2.81. The number of fused-ring (bicyclic) bond motifs is 1. The standard InChI is InChI=1S/C18H23N3O2/c1-4-22-16-6-5-14-7-10-21(12-15(14)11-16)17-18(23-13(2)3)20-9-8-19-17/h5-6,8-9,11,13H,4,7,10,12H2,1-3H3. The van der Waals surface area contributed by atoms with Crippen LogP contribution in [0.3, 0.4) is 0 Å². The number of hydrogen-bond acceptors (Lipinski definition) is 5. The van der Waals surface area contributed by atoms with Gasteiger partial charge in [0, 0.05) is 25.5 Å². The van der Waals surface area contributed by atoms with Crippen molar-refractivity contribution in [2.45, 2.75) is 39.8 Å². The van der Waals surface area contributed by atoms with E-state index in [1.54, 1.807) is 12.4 Å². The summed E-state index contributed by atoms with van der Waals surface area (Å²) < 4.78 is 11.4. The van der Waals surface area contributed by atoms with Crippen molar-refractivity contribution < 1.29 is 9.47 Å². The van der Waals surface area contributed by atoms with Crippen LogP contribution < -0.4 is 14.4 Å². The molecule has 2 aromatic rings. The van der Waals surface area contributed by atoms with E-state index in [9.17, 15) is 0 Å². The first kappa shape index (κ1) is 15.6. The van der Waals surface area contributed by atoms with Crippen molar-refractivity contribution in [2.75, 3.05) is 18.1 Å². The molecule has 23 heavy (non-hydrogen) atoms. The monoisotopic (exact) mass is 313 g/mol. The van der Waals surface area contributed by atoms with Gasteiger partial charge in [-0.15, -0.1) is 0 Å². The molecule has 0 spiro atoms. The van der Waals surface area contributed by atoms with Gasteiger partial charge in [0.25, 0.3) is 5.88 Å². The second-order valence-corrected chi connectivity index (χ2v) is 5.89. The summed E-state index contributed by atoms with van der Waals surface area (Å²) in [6.45, 7) is 8.38. The van der Waals surface area contributed by atoms with Crippen LogP contribution in [0, 0.1) is 0 Å². The van der Waals surface area contributed by atoms with Crippen molar-refractivity contribution in [1.82, 2.24) is 9.97 Å². The van der Waals surface area contributed by atoms with Gasteiger partial charge in [-0.05, 0) is 50.5 Å². The van der Waals surface area contributed by atoms with E-state index >= 15 is 0 Å². The Morgan fingerprint density at radius 2 is 2.00 bits per heavy atom. The highest BCUT2D eigenvalue weighted by atomic mass is 16.5. The van der Waals surface area contributed by atoms with Crippen LogP contribution in [0.5, 0.6) is 11.6 Å². The molecule has 1 aliphatic rings. The molecule has 0 atom stereocenters. The van der Waals surface area contributed by atoms with Gasteiger partial charge < -0.3 is 14.4 Å². The van der Waals surface area contributed by atoms with Gasteiger partial charge in [-0.2, -0.15) is 0 Å². The molecule has 5 heteroatoms. The lowest BCUT2D eigenvalue weighted by Gasteiger charge is -2.30. The summed E-state index contributed by atoms with van der Waals surface area (Å²) in [5, 5.41) is 0. The van der Waals surface area contributed by atoms with Crippen molar-refractivity contribution in [2.24, 2.45) is 0 Å². The van der Waals surface area contributed by atoms with Gasteiger partial charge in [0.1, 0.15) is 5.75 Å². The maximum Gasteiger partial charge on any atom is 0.257 e. The molecule has 0 saturated heterocycles. The van der Waals surface area contributed by atoms with Gasteiger partial charge in [-0.3, -0.25) is 0 Å². The first-order valence-corrected chi connectivity index (χ1v) is 8.14. The maximum absolute atomic E-state index is 5.81. The van der Waals surface area contributed by atoms with Gasteiger partial charge in [-0.25, -0.2) is 9.97 Å². The molecule has 0 unspecified atom stereocenters. The van der Waals surface area contributed by atoms with Crippen LogP contribution in [0.1, 0.15) is 31.9 Å². The Morgan fingerprint density at radius 1 is 1.17 bits per heavy atom. The van der Waals surface area contributed by atoms with E-state index in [0.717, 1.165) is 31.1 Å². The van der Waals surface area contributed by atoms with Crippen molar-refractivity contribution in [3.63, 3.8) is 0 Å². The molecule has 0 fully saturated rings. The van der Waals surface area contributed by atoms with Crippen molar-refractivity contribution in [3.8, 4) is 11.6 Å². The Kier molecular flexibility index (Phi) is 4.65. The minimum Gasteiger partial charge on any atom is -0.494 e. The molecule has 0 radical (unpaired) electrons. The molecule has 0 saturated carbocycles. The van der Waals surface area contributed by atoms with Gasteiger partial charge in [0.05, 0.1) is 12.7 Å². The molecular formula is C18H23N3O2. The quantitative estimate of drug-likeness (QED) is 0.848. The Bertz CT molecular complexity index is 673. The van der Waals surface area contributed by atoms with E-state index in [1.807, 2.05) is 26.8 Å². The molecule has 0 aliphatic carbocycles. The van der Waals surface area contributed by atoms with E-state index in [1.165, 1.54) is 11.1 Å². The van der Waals surface area contributed by atoms with Crippen LogP contribution >= 0.6 is 0 Å². The van der Waals surface area contributed by atoms with Crippen LogP contribution in [-0.2, 0) is 13.0 Å². The number of nitrogens with zero attached hydrogens (tertiary/aromatic N) is 3. The number of hydrogen-bond donors (Lipinski definition) is 0. The van der Waals surface area contributed by atoms with E-state index in [0.29, 0.717) is 12.5 Å². The van der Waals surface area contributed by atoms with Gasteiger partial charge in [0.2, 0.25) is 0 Å². The normalized spacial score (nSPS) is 13.8. The average Bonchev–Trinajstić information content (AvgIpc) is 2.54. The summed E-state index contributed by atoms with van der Waals surface area (Å²) in [6.07, 6.45) is 4.45. The summed E-state index contributed by atoms with van der Waals surface area (Å²) in [7, 11) is 0. The number of anilines is 1. The summed E-state index contributed by atoms with van der Waals surface area (Å²) in [5.41, 5.74) is 2.66. The number of rotatable bonds is 5. The third-order valence-corrected chi connectivity index (χ3v) is 3.79. The summed E-state index contributed by atoms with van der Waals surface area (Å²) in [6, 6.07) is 6.35. The minimum absolute atomic E-state index is 0.0760. The topological polar surface area (TPSA) is 47.5 Å². The molecule has 2 heterocycles. The summed E-state index contributed by atoms with van der Waals surface area (Å²) in [4.78, 5) is 11.1. The maximum atomic E-state index is 5.81. The van der Waals surface area contributed by atoms with E-state index < -0.39 is 0 Å².